The molecular weight excluding hydrogens is 300 g/mol. The summed E-state index contributed by atoms with van der Waals surface area (Å²) in [4.78, 5) is 0. The van der Waals surface area contributed by atoms with Crippen molar-refractivity contribution in [2.24, 2.45) is 5.92 Å². The molecule has 120 valence electrons. The van der Waals surface area contributed by atoms with E-state index in [2.05, 4.69) is 23.9 Å². The van der Waals surface area contributed by atoms with Gasteiger partial charge in [-0.1, -0.05) is 25.4 Å². The van der Waals surface area contributed by atoms with Crippen LogP contribution in [-0.2, 0) is 11.3 Å². The summed E-state index contributed by atoms with van der Waals surface area (Å²) in [5.41, 5.74) is 0.602. The van der Waals surface area contributed by atoms with E-state index in [4.69, 9.17) is 16.3 Å². The fourth-order valence-electron chi connectivity index (χ4n) is 1.69. The van der Waals surface area contributed by atoms with E-state index in [1.54, 1.807) is 6.07 Å². The molecule has 0 bridgehead atoms. The molecular formula is C15H22ClF2NO2. The summed E-state index contributed by atoms with van der Waals surface area (Å²) >= 11 is 5.87. The molecule has 0 heterocycles. The van der Waals surface area contributed by atoms with Crippen LogP contribution in [-0.4, -0.2) is 26.4 Å². The minimum absolute atomic E-state index is 0.141. The number of hydrogen-bond acceptors (Lipinski definition) is 3. The summed E-state index contributed by atoms with van der Waals surface area (Å²) in [6, 6.07) is 4.59. The Morgan fingerprint density at radius 3 is 2.67 bits per heavy atom. The summed E-state index contributed by atoms with van der Waals surface area (Å²) in [5.74, 6) is 0.765. The predicted molar refractivity (Wildman–Crippen MR) is 80.1 cm³/mol. The first-order valence-corrected chi connectivity index (χ1v) is 7.38. The summed E-state index contributed by atoms with van der Waals surface area (Å²) < 4.78 is 34.5. The third-order valence-electron chi connectivity index (χ3n) is 2.82. The lowest BCUT2D eigenvalue weighted by Gasteiger charge is -2.12. The molecule has 0 radical (unpaired) electrons. The molecule has 0 amide bonds. The number of ether oxygens (including phenoxy) is 2. The lowest BCUT2D eigenvalue weighted by Crippen LogP contribution is -2.20. The second-order valence-corrected chi connectivity index (χ2v) is 5.54. The van der Waals surface area contributed by atoms with Crippen molar-refractivity contribution in [2.75, 3.05) is 19.8 Å². The van der Waals surface area contributed by atoms with Crippen LogP contribution in [0.1, 0.15) is 25.8 Å². The quantitative estimate of drug-likeness (QED) is 0.658. The zero-order valence-corrected chi connectivity index (χ0v) is 13.1. The minimum Gasteiger partial charge on any atom is -0.434 e. The van der Waals surface area contributed by atoms with Crippen molar-refractivity contribution in [1.29, 1.82) is 0 Å². The van der Waals surface area contributed by atoms with Crippen molar-refractivity contribution in [3.63, 3.8) is 0 Å². The van der Waals surface area contributed by atoms with Gasteiger partial charge in [-0.25, -0.2) is 0 Å². The first-order valence-electron chi connectivity index (χ1n) is 7.00. The SMILES string of the molecule is CC(C)CCOCCNCc1cc(Cl)ccc1OC(F)F. The third kappa shape index (κ3) is 8.19. The maximum Gasteiger partial charge on any atom is 0.387 e. The largest absolute Gasteiger partial charge is 0.434 e. The normalized spacial score (nSPS) is 11.4. The number of halogens is 3. The van der Waals surface area contributed by atoms with Crippen LogP contribution in [0, 0.1) is 5.92 Å². The minimum atomic E-state index is -2.84. The molecule has 1 aromatic rings. The van der Waals surface area contributed by atoms with E-state index in [1.165, 1.54) is 12.1 Å². The van der Waals surface area contributed by atoms with Gasteiger partial charge in [0.25, 0.3) is 0 Å². The maximum atomic E-state index is 12.3. The summed E-state index contributed by atoms with van der Waals surface area (Å²) in [6.45, 7) is 3.80. The first-order chi connectivity index (χ1) is 9.99. The van der Waals surface area contributed by atoms with Gasteiger partial charge in [-0.3, -0.25) is 0 Å². The summed E-state index contributed by atoms with van der Waals surface area (Å²) in [6.07, 6.45) is 1.03. The van der Waals surface area contributed by atoms with Gasteiger partial charge in [0.05, 0.1) is 6.61 Å². The highest BCUT2D eigenvalue weighted by atomic mass is 35.5. The standard InChI is InChI=1S/C15H22ClF2NO2/c1-11(2)5-7-20-8-6-19-10-12-9-13(16)3-4-14(12)21-15(17)18/h3-4,9,11,15,19H,5-8,10H2,1-2H3. The van der Waals surface area contributed by atoms with E-state index < -0.39 is 6.61 Å². The molecule has 0 fully saturated rings. The van der Waals surface area contributed by atoms with Gasteiger partial charge in [0.15, 0.2) is 0 Å². The van der Waals surface area contributed by atoms with Gasteiger partial charge in [0.1, 0.15) is 5.75 Å². The van der Waals surface area contributed by atoms with Crippen LogP contribution in [0.15, 0.2) is 18.2 Å². The Bertz CT molecular complexity index is 417. The van der Waals surface area contributed by atoms with Gasteiger partial charge in [-0.05, 0) is 30.5 Å². The van der Waals surface area contributed by atoms with Crippen LogP contribution in [0.5, 0.6) is 5.75 Å². The average molecular weight is 322 g/mol. The van der Waals surface area contributed by atoms with Crippen molar-refractivity contribution in [2.45, 2.75) is 33.4 Å². The molecule has 1 N–H and O–H groups in total. The smallest absolute Gasteiger partial charge is 0.387 e. The molecule has 1 rings (SSSR count). The lowest BCUT2D eigenvalue weighted by atomic mass is 10.1. The van der Waals surface area contributed by atoms with Gasteiger partial charge < -0.3 is 14.8 Å². The van der Waals surface area contributed by atoms with E-state index in [9.17, 15) is 8.78 Å². The molecule has 0 aliphatic heterocycles. The molecule has 6 heteroatoms. The monoisotopic (exact) mass is 321 g/mol. The topological polar surface area (TPSA) is 30.5 Å². The number of rotatable bonds is 10. The fourth-order valence-corrected chi connectivity index (χ4v) is 1.88. The molecule has 1 aromatic carbocycles. The molecule has 0 unspecified atom stereocenters. The average Bonchev–Trinajstić information content (AvgIpc) is 2.39. The van der Waals surface area contributed by atoms with Crippen molar-refractivity contribution >= 4 is 11.6 Å². The van der Waals surface area contributed by atoms with Crippen LogP contribution < -0.4 is 10.1 Å². The highest BCUT2D eigenvalue weighted by Gasteiger charge is 2.09. The third-order valence-corrected chi connectivity index (χ3v) is 3.05. The Balaban J connectivity index is 2.32. The zero-order chi connectivity index (χ0) is 15.7. The van der Waals surface area contributed by atoms with Crippen LogP contribution in [0.4, 0.5) is 8.78 Å². The lowest BCUT2D eigenvalue weighted by molar-refractivity contribution is -0.0505. The molecule has 0 aliphatic carbocycles. The Hall–Kier alpha value is -0.910. The Kier molecular flexibility index (Phi) is 8.57. The highest BCUT2D eigenvalue weighted by molar-refractivity contribution is 6.30. The number of benzene rings is 1. The first kappa shape index (κ1) is 18.1. The second kappa shape index (κ2) is 9.92. The Morgan fingerprint density at radius 1 is 1.24 bits per heavy atom. The van der Waals surface area contributed by atoms with Gasteiger partial charge in [-0.2, -0.15) is 8.78 Å². The van der Waals surface area contributed by atoms with Gasteiger partial charge >= 0.3 is 6.61 Å². The van der Waals surface area contributed by atoms with Crippen molar-refractivity contribution in [1.82, 2.24) is 5.32 Å². The number of nitrogens with one attached hydrogen (secondary N) is 1. The van der Waals surface area contributed by atoms with E-state index in [0.29, 0.717) is 36.2 Å². The number of alkyl halides is 2. The van der Waals surface area contributed by atoms with Crippen molar-refractivity contribution < 1.29 is 18.3 Å². The fraction of sp³-hybridized carbons (Fsp3) is 0.600. The van der Waals surface area contributed by atoms with Gasteiger partial charge in [0.2, 0.25) is 0 Å². The van der Waals surface area contributed by atoms with Gasteiger partial charge in [0, 0.05) is 30.3 Å². The summed E-state index contributed by atoms with van der Waals surface area (Å²) in [5, 5.41) is 3.61. The molecule has 0 spiro atoms. The number of hydrogen-bond donors (Lipinski definition) is 1. The maximum absolute atomic E-state index is 12.3. The molecule has 0 saturated carbocycles. The van der Waals surface area contributed by atoms with Crippen molar-refractivity contribution in [3.8, 4) is 5.75 Å². The van der Waals surface area contributed by atoms with E-state index in [0.717, 1.165) is 13.0 Å². The van der Waals surface area contributed by atoms with Crippen LogP contribution >= 0.6 is 11.6 Å². The van der Waals surface area contributed by atoms with Crippen molar-refractivity contribution in [3.05, 3.63) is 28.8 Å². The zero-order valence-electron chi connectivity index (χ0n) is 12.4. The van der Waals surface area contributed by atoms with Crippen LogP contribution in [0.25, 0.3) is 0 Å². The molecule has 0 aliphatic rings. The summed E-state index contributed by atoms with van der Waals surface area (Å²) in [7, 11) is 0. The Labute approximate surface area is 129 Å². The molecule has 0 saturated heterocycles. The highest BCUT2D eigenvalue weighted by Crippen LogP contribution is 2.24. The Morgan fingerprint density at radius 2 is 2.00 bits per heavy atom. The predicted octanol–water partition coefficient (Wildman–Crippen LogP) is 4.09. The van der Waals surface area contributed by atoms with E-state index >= 15 is 0 Å². The van der Waals surface area contributed by atoms with Crippen LogP contribution in [0.3, 0.4) is 0 Å². The molecule has 3 nitrogen and oxygen atoms in total. The molecule has 0 aromatic heterocycles. The van der Waals surface area contributed by atoms with E-state index in [1.807, 2.05) is 0 Å². The molecule has 21 heavy (non-hydrogen) atoms. The van der Waals surface area contributed by atoms with E-state index in [-0.39, 0.29) is 5.75 Å². The van der Waals surface area contributed by atoms with Gasteiger partial charge in [-0.15, -0.1) is 0 Å². The molecule has 0 atom stereocenters. The second-order valence-electron chi connectivity index (χ2n) is 5.10. The van der Waals surface area contributed by atoms with Crippen LogP contribution in [0.2, 0.25) is 5.02 Å².